The number of hydrogen-bond acceptors (Lipinski definition) is 2. The van der Waals surface area contributed by atoms with Crippen molar-refractivity contribution in [2.75, 3.05) is 0 Å². The fourth-order valence-electron chi connectivity index (χ4n) is 3.55. The van der Waals surface area contributed by atoms with Gasteiger partial charge in [0.2, 0.25) is 0 Å². The van der Waals surface area contributed by atoms with E-state index in [0.717, 1.165) is 18.4 Å². The van der Waals surface area contributed by atoms with E-state index in [2.05, 4.69) is 16.4 Å². The average molecular weight is 320 g/mol. The number of aromatic nitrogens is 1. The summed E-state index contributed by atoms with van der Waals surface area (Å²) in [7, 11) is 0. The predicted molar refractivity (Wildman–Crippen MR) is 94.2 cm³/mol. The molecule has 0 radical (unpaired) electrons. The number of H-pyrrole nitrogens is 1. The smallest absolute Gasteiger partial charge is 0.253 e. The second kappa shape index (κ2) is 6.04. The van der Waals surface area contributed by atoms with Crippen molar-refractivity contribution >= 4 is 16.8 Å². The Balaban J connectivity index is 1.63. The topological polar surface area (TPSA) is 65.1 Å². The zero-order chi connectivity index (χ0) is 16.5. The van der Waals surface area contributed by atoms with Crippen molar-refractivity contribution in [2.45, 2.75) is 32.2 Å². The molecule has 0 atom stereocenters. The third-order valence-corrected chi connectivity index (χ3v) is 4.81. The highest BCUT2D eigenvalue weighted by molar-refractivity contribution is 6.06. The van der Waals surface area contributed by atoms with Gasteiger partial charge in [-0.25, -0.2) is 0 Å². The number of amides is 1. The summed E-state index contributed by atoms with van der Waals surface area (Å²) in [6.07, 6.45) is 4.56. The van der Waals surface area contributed by atoms with Crippen LogP contribution in [-0.2, 0) is 19.4 Å². The van der Waals surface area contributed by atoms with Crippen LogP contribution in [0.15, 0.2) is 42.5 Å². The maximum atomic E-state index is 12.6. The SMILES string of the molecule is O=C(NCc1ccccc1O)c1cccc2c3c([nH]c12)CCCC3. The van der Waals surface area contributed by atoms with Crippen LogP contribution in [0.4, 0.5) is 0 Å². The van der Waals surface area contributed by atoms with Gasteiger partial charge < -0.3 is 15.4 Å². The number of aryl methyl sites for hydroxylation is 2. The monoisotopic (exact) mass is 320 g/mol. The van der Waals surface area contributed by atoms with Gasteiger partial charge in [-0.1, -0.05) is 30.3 Å². The van der Waals surface area contributed by atoms with Crippen LogP contribution in [0.2, 0.25) is 0 Å². The number of carbonyl (C=O) groups excluding carboxylic acids is 1. The quantitative estimate of drug-likeness (QED) is 0.689. The van der Waals surface area contributed by atoms with E-state index in [1.807, 2.05) is 24.3 Å². The lowest BCUT2D eigenvalue weighted by Crippen LogP contribution is -2.23. The standard InChI is InChI=1S/C20H20N2O2/c23-18-11-4-1-6-13(18)12-21-20(24)16-9-5-8-15-14-7-2-3-10-17(14)22-19(15)16/h1,4-6,8-9,11,22-23H,2-3,7,10,12H2,(H,21,24). The first-order valence-corrected chi connectivity index (χ1v) is 8.41. The van der Waals surface area contributed by atoms with Crippen LogP contribution in [0.1, 0.15) is 40.0 Å². The number of para-hydroxylation sites is 2. The molecule has 3 N–H and O–H groups in total. The Morgan fingerprint density at radius 2 is 1.92 bits per heavy atom. The van der Waals surface area contributed by atoms with Gasteiger partial charge in [0, 0.05) is 23.2 Å². The third-order valence-electron chi connectivity index (χ3n) is 4.81. The van der Waals surface area contributed by atoms with Gasteiger partial charge >= 0.3 is 0 Å². The molecule has 3 aromatic rings. The molecule has 0 unspecified atom stereocenters. The maximum Gasteiger partial charge on any atom is 0.253 e. The van der Waals surface area contributed by atoms with Gasteiger partial charge in [0.05, 0.1) is 11.1 Å². The molecule has 24 heavy (non-hydrogen) atoms. The molecule has 0 saturated carbocycles. The predicted octanol–water partition coefficient (Wildman–Crippen LogP) is 3.68. The zero-order valence-corrected chi connectivity index (χ0v) is 13.4. The number of phenolic OH excluding ortho intramolecular Hbond substituents is 1. The number of benzene rings is 2. The van der Waals surface area contributed by atoms with Gasteiger partial charge in [0.15, 0.2) is 0 Å². The minimum atomic E-state index is -0.123. The first-order chi connectivity index (χ1) is 11.7. The molecular formula is C20H20N2O2. The highest BCUT2D eigenvalue weighted by atomic mass is 16.3. The van der Waals surface area contributed by atoms with Crippen molar-refractivity contribution in [3.63, 3.8) is 0 Å². The molecule has 0 fully saturated rings. The number of phenols is 1. The lowest BCUT2D eigenvalue weighted by atomic mass is 9.95. The summed E-state index contributed by atoms with van der Waals surface area (Å²) < 4.78 is 0. The number of nitrogens with one attached hydrogen (secondary N) is 2. The largest absolute Gasteiger partial charge is 0.508 e. The summed E-state index contributed by atoms with van der Waals surface area (Å²) in [5, 5.41) is 13.9. The van der Waals surface area contributed by atoms with Crippen molar-refractivity contribution < 1.29 is 9.90 Å². The van der Waals surface area contributed by atoms with Crippen LogP contribution in [0, 0.1) is 0 Å². The molecule has 1 heterocycles. The van der Waals surface area contributed by atoms with E-state index >= 15 is 0 Å². The molecule has 0 spiro atoms. The molecule has 0 aliphatic heterocycles. The third kappa shape index (κ3) is 2.54. The van der Waals surface area contributed by atoms with Crippen LogP contribution in [0.5, 0.6) is 5.75 Å². The first kappa shape index (κ1) is 14.8. The highest BCUT2D eigenvalue weighted by Crippen LogP contribution is 2.30. The van der Waals surface area contributed by atoms with Crippen LogP contribution in [0.25, 0.3) is 10.9 Å². The molecule has 0 bridgehead atoms. The molecule has 2 aromatic carbocycles. The molecule has 4 heteroatoms. The summed E-state index contributed by atoms with van der Waals surface area (Å²) in [4.78, 5) is 16.1. The van der Waals surface area contributed by atoms with Crippen LogP contribution >= 0.6 is 0 Å². The molecule has 1 amide bonds. The first-order valence-electron chi connectivity index (χ1n) is 8.41. The van der Waals surface area contributed by atoms with Gasteiger partial charge in [0.25, 0.3) is 5.91 Å². The number of aromatic amines is 1. The van der Waals surface area contributed by atoms with E-state index in [0.29, 0.717) is 17.7 Å². The van der Waals surface area contributed by atoms with E-state index in [9.17, 15) is 9.90 Å². The molecule has 4 nitrogen and oxygen atoms in total. The fraction of sp³-hybridized carbons (Fsp3) is 0.250. The molecular weight excluding hydrogens is 300 g/mol. The van der Waals surface area contributed by atoms with E-state index in [1.54, 1.807) is 12.1 Å². The average Bonchev–Trinajstić information content (AvgIpc) is 2.99. The van der Waals surface area contributed by atoms with Crippen LogP contribution < -0.4 is 5.32 Å². The van der Waals surface area contributed by atoms with E-state index in [-0.39, 0.29) is 11.7 Å². The Morgan fingerprint density at radius 1 is 1.08 bits per heavy atom. The van der Waals surface area contributed by atoms with Gasteiger partial charge in [-0.2, -0.15) is 0 Å². The van der Waals surface area contributed by atoms with Gasteiger partial charge in [-0.15, -0.1) is 0 Å². The molecule has 4 rings (SSSR count). The van der Waals surface area contributed by atoms with E-state index in [4.69, 9.17) is 0 Å². The van der Waals surface area contributed by atoms with Crippen molar-refractivity contribution in [1.29, 1.82) is 0 Å². The Hall–Kier alpha value is -2.75. The van der Waals surface area contributed by atoms with Gasteiger partial charge in [0.1, 0.15) is 5.75 Å². The van der Waals surface area contributed by atoms with Crippen molar-refractivity contribution in [3.05, 3.63) is 64.8 Å². The zero-order valence-electron chi connectivity index (χ0n) is 13.4. The lowest BCUT2D eigenvalue weighted by molar-refractivity contribution is 0.0952. The minimum Gasteiger partial charge on any atom is -0.508 e. The summed E-state index contributed by atoms with van der Waals surface area (Å²) in [5.41, 5.74) is 4.95. The molecule has 0 saturated heterocycles. The van der Waals surface area contributed by atoms with Crippen molar-refractivity contribution in [1.82, 2.24) is 10.3 Å². The second-order valence-corrected chi connectivity index (χ2v) is 6.33. The normalized spacial score (nSPS) is 13.7. The van der Waals surface area contributed by atoms with Crippen molar-refractivity contribution in [3.8, 4) is 5.75 Å². The molecule has 1 aliphatic carbocycles. The highest BCUT2D eigenvalue weighted by Gasteiger charge is 2.19. The van der Waals surface area contributed by atoms with Crippen LogP contribution in [-0.4, -0.2) is 16.0 Å². The number of carbonyl (C=O) groups is 1. The fourth-order valence-corrected chi connectivity index (χ4v) is 3.55. The molecule has 1 aliphatic rings. The van der Waals surface area contributed by atoms with Crippen molar-refractivity contribution in [2.24, 2.45) is 0 Å². The minimum absolute atomic E-state index is 0.123. The number of hydrogen-bond donors (Lipinski definition) is 3. The second-order valence-electron chi connectivity index (χ2n) is 6.33. The maximum absolute atomic E-state index is 12.6. The molecule has 122 valence electrons. The van der Waals surface area contributed by atoms with E-state index in [1.165, 1.54) is 29.5 Å². The summed E-state index contributed by atoms with van der Waals surface area (Å²) in [6, 6.07) is 12.9. The number of aromatic hydroxyl groups is 1. The Labute approximate surface area is 140 Å². The van der Waals surface area contributed by atoms with Gasteiger partial charge in [-0.3, -0.25) is 4.79 Å². The summed E-state index contributed by atoms with van der Waals surface area (Å²) in [6.45, 7) is 0.308. The van der Waals surface area contributed by atoms with Crippen LogP contribution in [0.3, 0.4) is 0 Å². The summed E-state index contributed by atoms with van der Waals surface area (Å²) >= 11 is 0. The lowest BCUT2D eigenvalue weighted by Gasteiger charge is -2.10. The number of rotatable bonds is 3. The Morgan fingerprint density at radius 3 is 2.79 bits per heavy atom. The Kier molecular flexibility index (Phi) is 3.73. The summed E-state index contributed by atoms with van der Waals surface area (Å²) in [5.74, 6) is 0.0776. The molecule has 1 aromatic heterocycles. The Bertz CT molecular complexity index is 911. The number of fused-ring (bicyclic) bond motifs is 3. The van der Waals surface area contributed by atoms with Gasteiger partial charge in [-0.05, 0) is 43.4 Å². The van der Waals surface area contributed by atoms with E-state index < -0.39 is 0 Å².